The van der Waals surface area contributed by atoms with Gasteiger partial charge in [0.1, 0.15) is 17.1 Å². The lowest BCUT2D eigenvalue weighted by molar-refractivity contribution is -0.140. The van der Waals surface area contributed by atoms with Crippen molar-refractivity contribution in [3.63, 3.8) is 0 Å². The molecule has 0 aromatic heterocycles. The van der Waals surface area contributed by atoms with Crippen LogP contribution in [0.2, 0.25) is 0 Å². The first kappa shape index (κ1) is 23.7. The van der Waals surface area contributed by atoms with E-state index in [-0.39, 0.29) is 30.2 Å². The molecule has 34 heavy (non-hydrogen) atoms. The van der Waals surface area contributed by atoms with Gasteiger partial charge in [-0.2, -0.15) is 0 Å². The summed E-state index contributed by atoms with van der Waals surface area (Å²) >= 11 is 0. The molecular formula is C26H30FN3O4. The summed E-state index contributed by atoms with van der Waals surface area (Å²) in [7, 11) is 0. The summed E-state index contributed by atoms with van der Waals surface area (Å²) in [5.41, 5.74) is -0.911. The number of halogens is 1. The molecule has 2 aliphatic heterocycles. The third-order valence-electron chi connectivity index (χ3n) is 6.62. The molecule has 2 saturated heterocycles. The normalized spacial score (nSPS) is 22.4. The minimum atomic E-state index is -1.17. The fourth-order valence-corrected chi connectivity index (χ4v) is 5.03. The minimum absolute atomic E-state index is 0.0433. The van der Waals surface area contributed by atoms with Gasteiger partial charge in [0, 0.05) is 25.4 Å². The molecular weight excluding hydrogens is 437 g/mol. The maximum atomic E-state index is 13.5. The van der Waals surface area contributed by atoms with Gasteiger partial charge in [0.2, 0.25) is 11.8 Å². The molecule has 7 nitrogen and oxygen atoms in total. The van der Waals surface area contributed by atoms with Crippen LogP contribution < -0.4 is 15.4 Å². The number of rotatable bonds is 6. The molecule has 180 valence electrons. The summed E-state index contributed by atoms with van der Waals surface area (Å²) in [4.78, 5) is 40.0. The summed E-state index contributed by atoms with van der Waals surface area (Å²) in [6.07, 6.45) is 1.90. The van der Waals surface area contributed by atoms with Crippen molar-refractivity contribution < 1.29 is 23.5 Å². The van der Waals surface area contributed by atoms with Crippen LogP contribution in [-0.4, -0.2) is 53.4 Å². The van der Waals surface area contributed by atoms with Gasteiger partial charge in [0.25, 0.3) is 5.91 Å². The largest absolute Gasteiger partial charge is 0.484 e. The number of para-hydroxylation sites is 1. The minimum Gasteiger partial charge on any atom is -0.484 e. The van der Waals surface area contributed by atoms with Crippen LogP contribution >= 0.6 is 0 Å². The van der Waals surface area contributed by atoms with Gasteiger partial charge in [-0.25, -0.2) is 4.39 Å². The van der Waals surface area contributed by atoms with E-state index in [1.807, 2.05) is 18.2 Å². The van der Waals surface area contributed by atoms with Gasteiger partial charge < -0.3 is 20.3 Å². The van der Waals surface area contributed by atoms with Crippen LogP contribution in [0.3, 0.4) is 0 Å². The molecule has 2 fully saturated rings. The van der Waals surface area contributed by atoms with Crippen LogP contribution in [0.4, 0.5) is 4.39 Å². The Morgan fingerprint density at radius 3 is 2.56 bits per heavy atom. The van der Waals surface area contributed by atoms with Crippen molar-refractivity contribution in [1.29, 1.82) is 0 Å². The molecule has 1 spiro atoms. The van der Waals surface area contributed by atoms with E-state index in [4.69, 9.17) is 4.74 Å². The maximum Gasteiger partial charge on any atom is 0.258 e. The number of carbonyl (C=O) groups is 3. The second kappa shape index (κ2) is 9.44. The number of nitrogens with zero attached hydrogens (tertiary/aromatic N) is 1. The van der Waals surface area contributed by atoms with Crippen LogP contribution in [-0.2, 0) is 14.4 Å². The number of hydrogen-bond donors (Lipinski definition) is 2. The van der Waals surface area contributed by atoms with Crippen LogP contribution in [0.15, 0.2) is 54.6 Å². The number of piperidine rings is 1. The number of likely N-dealkylation sites (tertiary alicyclic amines) is 1. The summed E-state index contributed by atoms with van der Waals surface area (Å²) in [6, 6.07) is 15.2. The van der Waals surface area contributed by atoms with Crippen molar-refractivity contribution in [3.05, 3.63) is 66.0 Å². The predicted octanol–water partition coefficient (Wildman–Crippen LogP) is 2.76. The number of benzene rings is 2. The van der Waals surface area contributed by atoms with Gasteiger partial charge in [-0.15, -0.1) is 0 Å². The van der Waals surface area contributed by atoms with Crippen LogP contribution in [0, 0.1) is 5.82 Å². The summed E-state index contributed by atoms with van der Waals surface area (Å²) in [6.45, 7) is 3.81. The Morgan fingerprint density at radius 1 is 1.18 bits per heavy atom. The number of ether oxygens (including phenoxy) is 1. The summed E-state index contributed by atoms with van der Waals surface area (Å²) < 4.78 is 19.0. The Balaban J connectivity index is 1.47. The first-order chi connectivity index (χ1) is 16.2. The Kier molecular flexibility index (Phi) is 6.59. The molecule has 4 rings (SSSR count). The highest BCUT2D eigenvalue weighted by atomic mass is 19.1. The summed E-state index contributed by atoms with van der Waals surface area (Å²) in [5.74, 6) is -0.634. The van der Waals surface area contributed by atoms with Gasteiger partial charge in [-0.05, 0) is 56.5 Å². The molecule has 0 bridgehead atoms. The van der Waals surface area contributed by atoms with E-state index in [1.54, 1.807) is 43.0 Å². The van der Waals surface area contributed by atoms with Crippen molar-refractivity contribution in [3.8, 4) is 5.75 Å². The average molecular weight is 468 g/mol. The standard InChI is InChI=1S/C26H30FN3O4/c1-25(2,28-23(32)16-34-20-7-4-3-5-8-20)24(33)30-15-21(18-10-12-19(27)13-11-18)26(17-30)14-6-9-22(31)29-26/h3-5,7-8,10-13,21H,6,9,14-17H2,1-2H3,(H,28,32)(H,29,31)/t21-,26+/m0/s1. The van der Waals surface area contributed by atoms with Crippen molar-refractivity contribution in [2.45, 2.75) is 50.1 Å². The highest BCUT2D eigenvalue weighted by Gasteiger charge is 2.52. The molecule has 2 heterocycles. The molecule has 0 radical (unpaired) electrons. The molecule has 0 aliphatic carbocycles. The lowest BCUT2D eigenvalue weighted by Crippen LogP contribution is -2.59. The predicted molar refractivity (Wildman–Crippen MR) is 125 cm³/mol. The van der Waals surface area contributed by atoms with Crippen LogP contribution in [0.25, 0.3) is 0 Å². The smallest absolute Gasteiger partial charge is 0.258 e. The third-order valence-corrected chi connectivity index (χ3v) is 6.62. The zero-order valence-electron chi connectivity index (χ0n) is 19.5. The van der Waals surface area contributed by atoms with E-state index in [0.29, 0.717) is 25.3 Å². The first-order valence-electron chi connectivity index (χ1n) is 11.5. The zero-order chi connectivity index (χ0) is 24.3. The van der Waals surface area contributed by atoms with Crippen molar-refractivity contribution in [2.24, 2.45) is 0 Å². The van der Waals surface area contributed by atoms with Gasteiger partial charge in [0.05, 0.1) is 5.54 Å². The molecule has 2 atom stereocenters. The number of hydrogen-bond acceptors (Lipinski definition) is 4. The Morgan fingerprint density at radius 2 is 1.88 bits per heavy atom. The van der Waals surface area contributed by atoms with Crippen LogP contribution in [0.5, 0.6) is 5.75 Å². The molecule has 3 amide bonds. The monoisotopic (exact) mass is 467 g/mol. The Hall–Kier alpha value is -3.42. The molecule has 2 aromatic rings. The molecule has 2 N–H and O–H groups in total. The first-order valence-corrected chi connectivity index (χ1v) is 11.5. The SMILES string of the molecule is CC(C)(NC(=O)COc1ccccc1)C(=O)N1C[C@@H](c2ccc(F)cc2)[C@@]2(CCCC(=O)N2)C1. The Labute approximate surface area is 198 Å². The Bertz CT molecular complexity index is 1060. The van der Waals surface area contributed by atoms with Gasteiger partial charge >= 0.3 is 0 Å². The molecule has 0 unspecified atom stereocenters. The van der Waals surface area contributed by atoms with Gasteiger partial charge in [-0.1, -0.05) is 30.3 Å². The maximum absolute atomic E-state index is 13.5. The molecule has 8 heteroatoms. The quantitative estimate of drug-likeness (QED) is 0.684. The lowest BCUT2D eigenvalue weighted by atomic mass is 9.76. The second-order valence-corrected chi connectivity index (χ2v) is 9.62. The van der Waals surface area contributed by atoms with Crippen molar-refractivity contribution >= 4 is 17.7 Å². The highest BCUT2D eigenvalue weighted by molar-refractivity contribution is 5.91. The van der Waals surface area contributed by atoms with Gasteiger partial charge in [-0.3, -0.25) is 14.4 Å². The lowest BCUT2D eigenvalue weighted by Gasteiger charge is -2.39. The molecule has 2 aliphatic rings. The fourth-order valence-electron chi connectivity index (χ4n) is 5.03. The van der Waals surface area contributed by atoms with Gasteiger partial charge in [0.15, 0.2) is 6.61 Å². The van der Waals surface area contributed by atoms with E-state index < -0.39 is 17.0 Å². The van der Waals surface area contributed by atoms with E-state index in [9.17, 15) is 18.8 Å². The highest BCUT2D eigenvalue weighted by Crippen LogP contribution is 2.42. The summed E-state index contributed by atoms with van der Waals surface area (Å²) in [5, 5.41) is 5.91. The number of carbonyl (C=O) groups excluding carboxylic acids is 3. The van der Waals surface area contributed by atoms with Crippen molar-refractivity contribution in [2.75, 3.05) is 19.7 Å². The molecule has 2 aromatic carbocycles. The topological polar surface area (TPSA) is 87.7 Å². The zero-order valence-corrected chi connectivity index (χ0v) is 19.5. The van der Waals surface area contributed by atoms with E-state index in [2.05, 4.69) is 10.6 Å². The van der Waals surface area contributed by atoms with E-state index in [1.165, 1.54) is 12.1 Å². The average Bonchev–Trinajstić information content (AvgIpc) is 3.16. The molecule has 0 saturated carbocycles. The van der Waals surface area contributed by atoms with E-state index >= 15 is 0 Å². The van der Waals surface area contributed by atoms with Crippen LogP contribution in [0.1, 0.15) is 44.6 Å². The number of nitrogens with one attached hydrogen (secondary N) is 2. The number of amides is 3. The fraction of sp³-hybridized carbons (Fsp3) is 0.423. The second-order valence-electron chi connectivity index (χ2n) is 9.62. The van der Waals surface area contributed by atoms with E-state index in [0.717, 1.165) is 18.4 Å². The third kappa shape index (κ3) is 5.05. The van der Waals surface area contributed by atoms with Crippen molar-refractivity contribution in [1.82, 2.24) is 15.5 Å².